The van der Waals surface area contributed by atoms with Gasteiger partial charge in [0.1, 0.15) is 6.04 Å². The van der Waals surface area contributed by atoms with Gasteiger partial charge in [0.25, 0.3) is 0 Å². The maximum Gasteiger partial charge on any atom is 0.321 e. The number of carboxylic acid groups (broad SMARTS) is 1. The Morgan fingerprint density at radius 1 is 1.82 bits per heavy atom. The van der Waals surface area contributed by atoms with Gasteiger partial charge in [-0.3, -0.25) is 4.79 Å². The molecule has 0 spiro atoms. The minimum atomic E-state index is -0.807. The molecule has 0 fully saturated rings. The average molecular weight is 242 g/mol. The number of hydrogen-bond donors (Lipinski definition) is 2. The zero-order valence-corrected chi connectivity index (χ0v) is 8.74. The largest absolute Gasteiger partial charge is 0.480 e. The van der Waals surface area contributed by atoms with E-state index in [0.29, 0.717) is 6.42 Å². The fraction of sp³-hybridized carbons (Fsp3) is 0.833. The quantitative estimate of drug-likeness (QED) is 0.547. The van der Waals surface area contributed by atoms with E-state index in [2.05, 4.69) is 27.4 Å². The van der Waals surface area contributed by atoms with Gasteiger partial charge < -0.3 is 5.11 Å². The second kappa shape index (κ2) is 6.94. The molecule has 0 aliphatic heterocycles. The molecule has 0 bridgehead atoms. The fourth-order valence-electron chi connectivity index (χ4n) is 0.570. The van der Waals surface area contributed by atoms with Gasteiger partial charge in [-0.1, -0.05) is 6.92 Å². The van der Waals surface area contributed by atoms with E-state index in [1.165, 1.54) is 0 Å². The third kappa shape index (κ3) is 5.52. The van der Waals surface area contributed by atoms with Gasteiger partial charge in [-0.25, -0.2) is 4.34 Å². The first kappa shape index (κ1) is 11.3. The van der Waals surface area contributed by atoms with Gasteiger partial charge >= 0.3 is 5.97 Å². The van der Waals surface area contributed by atoms with Crippen molar-refractivity contribution >= 4 is 33.9 Å². The lowest BCUT2D eigenvalue weighted by molar-refractivity contribution is -0.138. The van der Waals surface area contributed by atoms with Crippen molar-refractivity contribution in [1.82, 2.24) is 4.34 Å². The lowest BCUT2D eigenvalue weighted by Crippen LogP contribution is -2.30. The van der Waals surface area contributed by atoms with Gasteiger partial charge in [0, 0.05) is 16.1 Å². The average Bonchev–Trinajstić information content (AvgIpc) is 1.97. The normalized spacial score (nSPS) is 12.9. The van der Waals surface area contributed by atoms with Crippen LogP contribution in [-0.4, -0.2) is 28.6 Å². The number of carboxylic acids is 1. The molecule has 0 aromatic carbocycles. The van der Waals surface area contributed by atoms with E-state index in [-0.39, 0.29) is 0 Å². The van der Waals surface area contributed by atoms with Crippen molar-refractivity contribution in [1.29, 1.82) is 0 Å². The molecule has 0 saturated carbocycles. The van der Waals surface area contributed by atoms with Crippen LogP contribution in [0.25, 0.3) is 0 Å². The van der Waals surface area contributed by atoms with Crippen LogP contribution in [0.3, 0.4) is 0 Å². The van der Waals surface area contributed by atoms with Crippen LogP contribution in [0.15, 0.2) is 0 Å². The van der Waals surface area contributed by atoms with E-state index < -0.39 is 12.0 Å². The van der Waals surface area contributed by atoms with E-state index in [4.69, 9.17) is 5.11 Å². The van der Waals surface area contributed by atoms with Gasteiger partial charge in [0.05, 0.1) is 0 Å². The minimum absolute atomic E-state index is 0.464. The molecule has 0 aromatic heterocycles. The monoisotopic (exact) mass is 241 g/mol. The Balaban J connectivity index is 3.44. The minimum Gasteiger partial charge on any atom is -0.480 e. The number of nitrogens with one attached hydrogen (secondary N) is 1. The zero-order chi connectivity index (χ0) is 8.69. The molecule has 5 heteroatoms. The van der Waals surface area contributed by atoms with Crippen LogP contribution in [-0.2, 0) is 4.79 Å². The van der Waals surface area contributed by atoms with E-state index >= 15 is 0 Å². The van der Waals surface area contributed by atoms with Crippen LogP contribution in [0, 0.1) is 0 Å². The van der Waals surface area contributed by atoms with Crippen molar-refractivity contribution in [2.24, 2.45) is 0 Å². The first-order valence-electron chi connectivity index (χ1n) is 3.39. The number of thioether (sulfide) groups is 1. The van der Waals surface area contributed by atoms with Crippen molar-refractivity contribution < 1.29 is 9.90 Å². The van der Waals surface area contributed by atoms with Crippen LogP contribution in [0.4, 0.5) is 0 Å². The van der Waals surface area contributed by atoms with Crippen molar-refractivity contribution in [3.63, 3.8) is 0 Å². The molecule has 0 rings (SSSR count). The van der Waals surface area contributed by atoms with Gasteiger partial charge in [-0.05, 0) is 17.9 Å². The number of aliphatic carboxylic acids is 1. The predicted molar refractivity (Wildman–Crippen MR) is 51.1 cm³/mol. The molecule has 2 N–H and O–H groups in total. The van der Waals surface area contributed by atoms with Crippen LogP contribution >= 0.6 is 27.9 Å². The highest BCUT2D eigenvalue weighted by Crippen LogP contribution is 2.04. The van der Waals surface area contributed by atoms with Crippen LogP contribution < -0.4 is 4.34 Å². The maximum absolute atomic E-state index is 10.4. The summed E-state index contributed by atoms with van der Waals surface area (Å²) in [5, 5.41) is 8.57. The van der Waals surface area contributed by atoms with E-state index in [1.54, 1.807) is 11.8 Å². The summed E-state index contributed by atoms with van der Waals surface area (Å²) in [6.45, 7) is 2.06. The molecule has 1 atom stereocenters. The molecular weight excluding hydrogens is 230 g/mol. The van der Waals surface area contributed by atoms with Crippen LogP contribution in [0.1, 0.15) is 13.3 Å². The van der Waals surface area contributed by atoms with E-state index in [1.807, 2.05) is 0 Å². The highest BCUT2D eigenvalue weighted by Gasteiger charge is 2.14. The summed E-state index contributed by atoms with van der Waals surface area (Å²) in [5.41, 5.74) is 0. The molecule has 0 amide bonds. The Kier molecular flexibility index (Phi) is 7.10. The highest BCUT2D eigenvalue weighted by molar-refractivity contribution is 9.08. The van der Waals surface area contributed by atoms with Crippen LogP contribution in [0.5, 0.6) is 0 Å². The molecule has 0 aliphatic carbocycles. The number of hydrogen-bond acceptors (Lipinski definition) is 3. The Morgan fingerprint density at radius 3 is 2.82 bits per heavy atom. The summed E-state index contributed by atoms with van der Waals surface area (Å²) in [6.07, 6.45) is 0.652. The lowest BCUT2D eigenvalue weighted by atomic mass is 10.2. The molecule has 66 valence electrons. The second-order valence-corrected chi connectivity index (χ2v) is 3.84. The highest BCUT2D eigenvalue weighted by atomic mass is 79.9. The Morgan fingerprint density at radius 2 is 2.45 bits per heavy atom. The Bertz CT molecular complexity index is 123. The summed E-state index contributed by atoms with van der Waals surface area (Å²) in [4.78, 5) is 10.4. The van der Waals surface area contributed by atoms with Crippen molar-refractivity contribution in [2.45, 2.75) is 19.4 Å². The fourth-order valence-corrected chi connectivity index (χ4v) is 1.69. The number of halogens is 1. The van der Waals surface area contributed by atoms with E-state index in [9.17, 15) is 4.79 Å². The second-order valence-electron chi connectivity index (χ2n) is 1.99. The summed E-state index contributed by atoms with van der Waals surface area (Å²) in [5.74, 6) is 1.11. The summed E-state index contributed by atoms with van der Waals surface area (Å²) in [6, 6.07) is -0.464. The van der Waals surface area contributed by atoms with Gasteiger partial charge in [0.15, 0.2) is 0 Å². The number of rotatable bonds is 6. The lowest BCUT2D eigenvalue weighted by Gasteiger charge is -2.07. The Hall–Kier alpha value is 0.260. The standard InChI is InChI=1S/C6H12BrNO2S/c1-2-11-4-3-5(8-7)6(9)10/h5,8H,2-4H2,1H3,(H,9,10)/t5-/m0/s1. The molecule has 11 heavy (non-hydrogen) atoms. The smallest absolute Gasteiger partial charge is 0.321 e. The molecule has 3 nitrogen and oxygen atoms in total. The topological polar surface area (TPSA) is 49.3 Å². The molecule has 0 saturated heterocycles. The van der Waals surface area contributed by atoms with Gasteiger partial charge in [0.2, 0.25) is 0 Å². The SMILES string of the molecule is CCSCC[C@H](NBr)C(=O)O. The zero-order valence-electron chi connectivity index (χ0n) is 6.34. The molecular formula is C6H12BrNO2S. The summed E-state index contributed by atoms with van der Waals surface area (Å²) < 4.78 is 2.56. The number of carbonyl (C=O) groups is 1. The molecule has 0 aromatic rings. The van der Waals surface area contributed by atoms with Gasteiger partial charge in [-0.15, -0.1) is 0 Å². The third-order valence-electron chi connectivity index (χ3n) is 1.18. The van der Waals surface area contributed by atoms with Crippen molar-refractivity contribution in [3.8, 4) is 0 Å². The maximum atomic E-state index is 10.4. The molecule has 0 unspecified atom stereocenters. The summed E-state index contributed by atoms with van der Waals surface area (Å²) >= 11 is 4.67. The predicted octanol–water partition coefficient (Wildman–Crippen LogP) is 1.48. The first-order valence-corrected chi connectivity index (χ1v) is 5.33. The van der Waals surface area contributed by atoms with Crippen LogP contribution in [0.2, 0.25) is 0 Å². The van der Waals surface area contributed by atoms with Gasteiger partial charge in [-0.2, -0.15) is 11.8 Å². The van der Waals surface area contributed by atoms with Crippen molar-refractivity contribution in [2.75, 3.05) is 11.5 Å². The molecule has 0 aliphatic rings. The summed E-state index contributed by atoms with van der Waals surface area (Å²) in [7, 11) is 0. The molecule has 0 radical (unpaired) electrons. The Labute approximate surface area is 79.3 Å². The molecule has 0 heterocycles. The van der Waals surface area contributed by atoms with E-state index in [0.717, 1.165) is 11.5 Å². The van der Waals surface area contributed by atoms with Crippen molar-refractivity contribution in [3.05, 3.63) is 0 Å². The third-order valence-corrected chi connectivity index (χ3v) is 2.67. The first-order chi connectivity index (χ1) is 5.22.